The Labute approximate surface area is 248 Å². The highest BCUT2D eigenvalue weighted by Crippen LogP contribution is 2.48. The highest BCUT2D eigenvalue weighted by molar-refractivity contribution is 7.89. The van der Waals surface area contributed by atoms with Crippen LogP contribution in [0.5, 0.6) is 11.5 Å². The maximum absolute atomic E-state index is 14.4. The first-order valence-corrected chi connectivity index (χ1v) is 15.4. The summed E-state index contributed by atoms with van der Waals surface area (Å²) >= 11 is 0. The van der Waals surface area contributed by atoms with Crippen LogP contribution in [0.1, 0.15) is 39.4 Å². The van der Waals surface area contributed by atoms with Gasteiger partial charge in [-0.05, 0) is 48.2 Å². The van der Waals surface area contributed by atoms with Crippen molar-refractivity contribution < 1.29 is 27.4 Å². The van der Waals surface area contributed by atoms with Crippen molar-refractivity contribution in [3.05, 3.63) is 124 Å². The van der Waals surface area contributed by atoms with Gasteiger partial charge < -0.3 is 18.9 Å². The topological polar surface area (TPSA) is 74.3 Å². The van der Waals surface area contributed by atoms with Gasteiger partial charge in [0, 0.05) is 19.1 Å². The Morgan fingerprint density at radius 2 is 1.43 bits per heavy atom. The zero-order valence-electron chi connectivity index (χ0n) is 24.4. The third-order valence-corrected chi connectivity index (χ3v) is 9.46. The number of fused-ring (bicyclic) bond motifs is 1. The first-order chi connectivity index (χ1) is 20.3. The second-order valence-electron chi connectivity index (χ2n) is 10.5. The van der Waals surface area contributed by atoms with Crippen LogP contribution in [0.25, 0.3) is 0 Å². The molecule has 7 nitrogen and oxygen atoms in total. The smallest absolute Gasteiger partial charge is 0.245 e. The van der Waals surface area contributed by atoms with Gasteiger partial charge in [0.2, 0.25) is 10.0 Å². The lowest BCUT2D eigenvalue weighted by molar-refractivity contribution is -0.0363. The van der Waals surface area contributed by atoms with Gasteiger partial charge in [-0.15, -0.1) is 0 Å². The molecule has 0 aliphatic carbocycles. The second kappa shape index (κ2) is 13.1. The molecule has 0 bridgehead atoms. The second-order valence-corrected chi connectivity index (χ2v) is 12.3. The summed E-state index contributed by atoms with van der Waals surface area (Å²) in [6.45, 7) is 4.60. The van der Waals surface area contributed by atoms with Gasteiger partial charge in [-0.2, -0.15) is 4.31 Å². The van der Waals surface area contributed by atoms with Gasteiger partial charge in [0.25, 0.3) is 0 Å². The van der Waals surface area contributed by atoms with E-state index in [4.69, 9.17) is 18.9 Å². The summed E-state index contributed by atoms with van der Waals surface area (Å²) in [5.41, 5.74) is 5.51. The summed E-state index contributed by atoms with van der Waals surface area (Å²) in [5.74, 6) is 1.09. The summed E-state index contributed by atoms with van der Waals surface area (Å²) in [6.07, 6.45) is -0.401. The molecular weight excluding hydrogens is 550 g/mol. The largest absolute Gasteiger partial charge is 0.493 e. The first-order valence-electron chi connectivity index (χ1n) is 13.9. The van der Waals surface area contributed by atoms with Gasteiger partial charge in [-0.25, -0.2) is 8.42 Å². The van der Waals surface area contributed by atoms with E-state index in [1.807, 2.05) is 80.6 Å². The minimum atomic E-state index is -4.01. The van der Waals surface area contributed by atoms with Crippen LogP contribution in [0.2, 0.25) is 0 Å². The zero-order valence-corrected chi connectivity index (χ0v) is 25.3. The van der Waals surface area contributed by atoms with Gasteiger partial charge in [0.1, 0.15) is 12.8 Å². The highest BCUT2D eigenvalue weighted by atomic mass is 32.2. The number of methoxy groups -OCH3 is 2. The minimum Gasteiger partial charge on any atom is -0.493 e. The van der Waals surface area contributed by atoms with E-state index in [0.29, 0.717) is 31.1 Å². The molecule has 0 aromatic heterocycles. The van der Waals surface area contributed by atoms with Crippen LogP contribution >= 0.6 is 0 Å². The molecule has 0 fully saturated rings. The van der Waals surface area contributed by atoms with Crippen LogP contribution in [-0.4, -0.2) is 39.8 Å². The average molecular weight is 588 g/mol. The molecule has 4 aromatic carbocycles. The van der Waals surface area contributed by atoms with Crippen molar-refractivity contribution in [3.63, 3.8) is 0 Å². The Morgan fingerprint density at radius 3 is 2.02 bits per heavy atom. The Balaban J connectivity index is 1.63. The Hall–Kier alpha value is -3.69. The number of rotatable bonds is 11. The minimum absolute atomic E-state index is 0.0841. The highest BCUT2D eigenvalue weighted by Gasteiger charge is 2.45. The van der Waals surface area contributed by atoms with E-state index in [1.54, 1.807) is 38.5 Å². The number of hydrogen-bond acceptors (Lipinski definition) is 6. The molecule has 220 valence electrons. The molecule has 0 unspecified atom stereocenters. The van der Waals surface area contributed by atoms with E-state index in [-0.39, 0.29) is 11.5 Å². The number of ether oxygens (including phenoxy) is 4. The molecule has 0 N–H and O–H groups in total. The molecule has 8 heteroatoms. The Morgan fingerprint density at radius 1 is 0.810 bits per heavy atom. The fourth-order valence-electron chi connectivity index (χ4n) is 5.48. The number of hydrogen-bond donors (Lipinski definition) is 0. The fraction of sp³-hybridized carbons (Fsp3) is 0.294. The lowest BCUT2D eigenvalue weighted by atomic mass is 9.90. The van der Waals surface area contributed by atoms with Crippen molar-refractivity contribution in [2.24, 2.45) is 0 Å². The molecule has 4 aromatic rings. The predicted molar refractivity (Wildman–Crippen MR) is 162 cm³/mol. The molecule has 0 amide bonds. The quantitative estimate of drug-likeness (QED) is 0.203. The monoisotopic (exact) mass is 587 g/mol. The van der Waals surface area contributed by atoms with Crippen LogP contribution in [0.15, 0.2) is 95.9 Å². The van der Waals surface area contributed by atoms with E-state index in [9.17, 15) is 8.42 Å². The van der Waals surface area contributed by atoms with Crippen molar-refractivity contribution in [1.29, 1.82) is 0 Å². The van der Waals surface area contributed by atoms with Crippen molar-refractivity contribution in [2.45, 2.75) is 50.6 Å². The molecule has 0 saturated heterocycles. The lowest BCUT2D eigenvalue weighted by Gasteiger charge is -2.42. The van der Waals surface area contributed by atoms with Gasteiger partial charge >= 0.3 is 0 Å². The summed E-state index contributed by atoms with van der Waals surface area (Å²) in [7, 11) is -0.865. The predicted octanol–water partition coefficient (Wildman–Crippen LogP) is 6.37. The van der Waals surface area contributed by atoms with Crippen molar-refractivity contribution in [3.8, 4) is 11.5 Å². The molecular formula is C34H37NO6S. The van der Waals surface area contributed by atoms with E-state index in [1.165, 1.54) is 4.31 Å². The molecule has 0 saturated carbocycles. The number of aryl methyl sites for hydroxylation is 2. The Kier molecular flexibility index (Phi) is 9.28. The van der Waals surface area contributed by atoms with E-state index in [2.05, 4.69) is 0 Å². The van der Waals surface area contributed by atoms with Crippen LogP contribution in [0.4, 0.5) is 0 Å². The van der Waals surface area contributed by atoms with E-state index >= 15 is 0 Å². The summed E-state index contributed by atoms with van der Waals surface area (Å²) in [5, 5.41) is 0. The standard InChI is InChI=1S/C34H37NO6S/c1-24-15-17-29(18-16-24)42(36,37)35-30(23-40-21-26-11-7-5-8-12-26)32-28(20-31(35)38-3)19-25(2)33(39-4)34(32)41-22-27-13-9-6-10-14-27/h5-19,30-31H,20-23H2,1-4H3/t30-,31-/m0/s1. The first kappa shape index (κ1) is 29.8. The van der Waals surface area contributed by atoms with Gasteiger partial charge in [0.05, 0.1) is 31.3 Å². The molecule has 2 atom stereocenters. The summed E-state index contributed by atoms with van der Waals surface area (Å²) < 4.78 is 54.6. The van der Waals surface area contributed by atoms with Crippen molar-refractivity contribution in [1.82, 2.24) is 4.31 Å². The third kappa shape index (κ3) is 6.22. The lowest BCUT2D eigenvalue weighted by Crippen LogP contribution is -2.49. The molecule has 1 aliphatic rings. The van der Waals surface area contributed by atoms with Gasteiger partial charge in [-0.1, -0.05) is 84.4 Å². The van der Waals surface area contributed by atoms with Crippen LogP contribution in [0, 0.1) is 13.8 Å². The number of nitrogens with zero attached hydrogens (tertiary/aromatic N) is 1. The molecule has 0 spiro atoms. The van der Waals surface area contributed by atoms with E-state index in [0.717, 1.165) is 33.4 Å². The normalized spacial score (nSPS) is 17.0. The maximum Gasteiger partial charge on any atom is 0.245 e. The molecule has 1 heterocycles. The summed E-state index contributed by atoms with van der Waals surface area (Å²) in [6, 6.07) is 27.8. The van der Waals surface area contributed by atoms with Crippen molar-refractivity contribution in [2.75, 3.05) is 20.8 Å². The Bertz CT molecular complexity index is 1590. The average Bonchev–Trinajstić information content (AvgIpc) is 3.00. The molecule has 1 aliphatic heterocycles. The number of sulfonamides is 1. The molecule has 0 radical (unpaired) electrons. The van der Waals surface area contributed by atoms with Crippen molar-refractivity contribution >= 4 is 10.0 Å². The fourth-order valence-corrected chi connectivity index (χ4v) is 7.17. The van der Waals surface area contributed by atoms with Gasteiger partial charge in [-0.3, -0.25) is 0 Å². The molecule has 5 rings (SSSR count). The van der Waals surface area contributed by atoms with Crippen LogP contribution < -0.4 is 9.47 Å². The summed E-state index contributed by atoms with van der Waals surface area (Å²) in [4.78, 5) is 0.192. The van der Waals surface area contributed by atoms with Crippen LogP contribution in [-0.2, 0) is 39.1 Å². The zero-order chi connectivity index (χ0) is 29.7. The van der Waals surface area contributed by atoms with E-state index < -0.39 is 22.3 Å². The SMILES string of the molecule is COc1c(C)cc2c(c1OCc1ccccc1)[C@H](COCc1ccccc1)N(S(=O)(=O)c1ccc(C)cc1)[C@@H](OC)C2. The number of benzene rings is 4. The van der Waals surface area contributed by atoms with Crippen LogP contribution in [0.3, 0.4) is 0 Å². The maximum atomic E-state index is 14.4. The van der Waals surface area contributed by atoms with Gasteiger partial charge in [0.15, 0.2) is 11.5 Å². The third-order valence-electron chi connectivity index (χ3n) is 7.55. The molecule has 42 heavy (non-hydrogen) atoms.